The lowest BCUT2D eigenvalue weighted by atomic mass is 10.1. The predicted molar refractivity (Wildman–Crippen MR) is 63.2 cm³/mol. The van der Waals surface area contributed by atoms with Crippen molar-refractivity contribution in [2.75, 3.05) is 4.90 Å². The number of phenols is 2. The van der Waals surface area contributed by atoms with Crippen LogP contribution in [0.3, 0.4) is 0 Å². The van der Waals surface area contributed by atoms with Gasteiger partial charge in [0.05, 0.1) is 5.69 Å². The number of nitrogens with zero attached hydrogens (tertiary/aromatic N) is 1. The van der Waals surface area contributed by atoms with Gasteiger partial charge in [-0.05, 0) is 25.5 Å². The minimum Gasteiger partial charge on any atom is -0.504 e. The fourth-order valence-corrected chi connectivity index (χ4v) is 1.64. The molecule has 0 atom stereocenters. The van der Waals surface area contributed by atoms with E-state index >= 15 is 0 Å². The molecule has 0 unspecified atom stereocenters. The molecule has 0 fully saturated rings. The van der Waals surface area contributed by atoms with E-state index in [2.05, 4.69) is 0 Å². The molecule has 2 amide bonds. The number of carbonyl (C=O) groups excluding carboxylic acids is 1. The van der Waals surface area contributed by atoms with E-state index < -0.39 is 12.0 Å². The molecule has 0 saturated carbocycles. The second-order valence-electron chi connectivity index (χ2n) is 3.59. The zero-order valence-electron chi connectivity index (χ0n) is 9.48. The molecular formula is C10H14N4O3. The van der Waals surface area contributed by atoms with Crippen molar-refractivity contribution in [3.8, 4) is 11.5 Å². The van der Waals surface area contributed by atoms with Gasteiger partial charge in [-0.2, -0.15) is 0 Å². The van der Waals surface area contributed by atoms with Crippen molar-refractivity contribution in [1.82, 2.24) is 0 Å². The molecule has 0 radical (unpaired) electrons. The number of aryl methyl sites for hydroxylation is 1. The molecule has 0 spiro atoms. The first kappa shape index (κ1) is 12.6. The number of aromatic hydroxyl groups is 2. The summed E-state index contributed by atoms with van der Waals surface area (Å²) in [5.41, 5.74) is 11.3. The lowest BCUT2D eigenvalue weighted by molar-refractivity contribution is 0.256. The highest BCUT2D eigenvalue weighted by Crippen LogP contribution is 2.38. The van der Waals surface area contributed by atoms with Crippen molar-refractivity contribution in [3.63, 3.8) is 0 Å². The smallest absolute Gasteiger partial charge is 0.326 e. The fourth-order valence-electron chi connectivity index (χ4n) is 1.64. The number of primary amides is 1. The van der Waals surface area contributed by atoms with Crippen molar-refractivity contribution in [2.45, 2.75) is 13.8 Å². The number of guanidine groups is 1. The van der Waals surface area contributed by atoms with Gasteiger partial charge < -0.3 is 21.7 Å². The number of carbonyl (C=O) groups is 1. The number of phenolic OH excluding ortho intramolecular Hbond substituents is 2. The van der Waals surface area contributed by atoms with Crippen LogP contribution in [0.1, 0.15) is 11.1 Å². The van der Waals surface area contributed by atoms with Gasteiger partial charge in [0.15, 0.2) is 11.5 Å². The number of nitrogens with one attached hydrogen (secondary N) is 1. The van der Waals surface area contributed by atoms with E-state index in [1.165, 1.54) is 13.0 Å². The molecular weight excluding hydrogens is 224 g/mol. The van der Waals surface area contributed by atoms with Crippen molar-refractivity contribution < 1.29 is 15.0 Å². The van der Waals surface area contributed by atoms with Crippen LogP contribution in [-0.4, -0.2) is 22.2 Å². The number of nitrogens with two attached hydrogens (primary N) is 2. The number of hydrogen-bond donors (Lipinski definition) is 5. The SMILES string of the molecule is Cc1cc(O)c(O)c(C)c1N(C(=N)N)C(N)=O. The van der Waals surface area contributed by atoms with E-state index in [-0.39, 0.29) is 22.7 Å². The van der Waals surface area contributed by atoms with Crippen LogP contribution >= 0.6 is 0 Å². The topological polar surface area (TPSA) is 137 Å². The summed E-state index contributed by atoms with van der Waals surface area (Å²) in [6, 6.07) is 0.324. The van der Waals surface area contributed by atoms with Gasteiger partial charge in [-0.25, -0.2) is 9.69 Å². The molecule has 0 aliphatic rings. The molecule has 7 nitrogen and oxygen atoms in total. The molecule has 1 rings (SSSR count). The Morgan fingerprint density at radius 3 is 2.29 bits per heavy atom. The molecule has 0 bridgehead atoms. The Hall–Kier alpha value is -2.44. The number of anilines is 1. The zero-order valence-corrected chi connectivity index (χ0v) is 9.48. The number of urea groups is 1. The van der Waals surface area contributed by atoms with Crippen molar-refractivity contribution in [1.29, 1.82) is 5.41 Å². The molecule has 0 aromatic heterocycles. The van der Waals surface area contributed by atoms with Crippen LogP contribution in [0.15, 0.2) is 6.07 Å². The lowest BCUT2D eigenvalue weighted by Crippen LogP contribution is -2.45. The number of amides is 2. The van der Waals surface area contributed by atoms with Crippen LogP contribution in [0.5, 0.6) is 11.5 Å². The van der Waals surface area contributed by atoms with Gasteiger partial charge in [0.2, 0.25) is 5.96 Å². The molecule has 0 heterocycles. The third kappa shape index (κ3) is 2.07. The van der Waals surface area contributed by atoms with Gasteiger partial charge in [0.1, 0.15) is 0 Å². The van der Waals surface area contributed by atoms with E-state index in [1.54, 1.807) is 6.92 Å². The lowest BCUT2D eigenvalue weighted by Gasteiger charge is -2.23. The maximum absolute atomic E-state index is 11.2. The van der Waals surface area contributed by atoms with E-state index in [0.717, 1.165) is 4.90 Å². The van der Waals surface area contributed by atoms with Crippen LogP contribution in [0.25, 0.3) is 0 Å². The summed E-state index contributed by atoms with van der Waals surface area (Å²) in [5.74, 6) is -1.25. The highest BCUT2D eigenvalue weighted by molar-refractivity contribution is 6.14. The van der Waals surface area contributed by atoms with Crippen LogP contribution in [0.4, 0.5) is 10.5 Å². The second kappa shape index (κ2) is 4.20. The normalized spacial score (nSPS) is 10.0. The maximum atomic E-state index is 11.2. The van der Waals surface area contributed by atoms with Crippen LogP contribution in [0, 0.1) is 19.3 Å². The van der Waals surface area contributed by atoms with Crippen LogP contribution < -0.4 is 16.4 Å². The molecule has 0 aliphatic carbocycles. The minimum absolute atomic E-state index is 0.195. The molecule has 0 aliphatic heterocycles. The van der Waals surface area contributed by atoms with Gasteiger partial charge in [-0.1, -0.05) is 0 Å². The van der Waals surface area contributed by atoms with Gasteiger partial charge >= 0.3 is 6.03 Å². The summed E-state index contributed by atoms with van der Waals surface area (Å²) in [6.45, 7) is 3.08. The molecule has 1 aromatic rings. The Morgan fingerprint density at radius 1 is 1.35 bits per heavy atom. The first-order chi connectivity index (χ1) is 7.77. The Labute approximate surface area is 97.8 Å². The molecule has 7 N–H and O–H groups in total. The van der Waals surface area contributed by atoms with Gasteiger partial charge in [0, 0.05) is 5.56 Å². The molecule has 0 saturated heterocycles. The predicted octanol–water partition coefficient (Wildman–Crippen LogP) is 0.493. The van der Waals surface area contributed by atoms with Crippen LogP contribution in [-0.2, 0) is 0 Å². The Morgan fingerprint density at radius 2 is 1.88 bits per heavy atom. The summed E-state index contributed by atoms with van der Waals surface area (Å²) in [6.07, 6.45) is 0. The highest BCUT2D eigenvalue weighted by Gasteiger charge is 2.23. The summed E-state index contributed by atoms with van der Waals surface area (Å²) in [7, 11) is 0. The Bertz CT molecular complexity index is 485. The zero-order chi connectivity index (χ0) is 13.3. The van der Waals surface area contributed by atoms with E-state index in [1.807, 2.05) is 0 Å². The first-order valence-corrected chi connectivity index (χ1v) is 4.73. The number of hydrogen-bond acceptors (Lipinski definition) is 4. The fraction of sp³-hybridized carbons (Fsp3) is 0.200. The van der Waals surface area contributed by atoms with Crippen molar-refractivity contribution in [3.05, 3.63) is 17.2 Å². The third-order valence-electron chi connectivity index (χ3n) is 2.36. The summed E-state index contributed by atoms with van der Waals surface area (Å²) >= 11 is 0. The number of rotatable bonds is 1. The van der Waals surface area contributed by atoms with Crippen LogP contribution in [0.2, 0.25) is 0 Å². The summed E-state index contributed by atoms with van der Waals surface area (Å²) in [5, 5.41) is 26.3. The minimum atomic E-state index is -0.936. The molecule has 17 heavy (non-hydrogen) atoms. The number of benzene rings is 1. The van der Waals surface area contributed by atoms with Gasteiger partial charge in [0.25, 0.3) is 0 Å². The van der Waals surface area contributed by atoms with Gasteiger partial charge in [-0.15, -0.1) is 0 Å². The van der Waals surface area contributed by atoms with Crippen molar-refractivity contribution >= 4 is 17.7 Å². The largest absolute Gasteiger partial charge is 0.504 e. The van der Waals surface area contributed by atoms with E-state index in [0.29, 0.717) is 5.56 Å². The molecule has 92 valence electrons. The Kier molecular flexibility index (Phi) is 3.12. The first-order valence-electron chi connectivity index (χ1n) is 4.73. The summed E-state index contributed by atoms with van der Waals surface area (Å²) in [4.78, 5) is 12.0. The van der Waals surface area contributed by atoms with Gasteiger partial charge in [-0.3, -0.25) is 5.41 Å². The summed E-state index contributed by atoms with van der Waals surface area (Å²) < 4.78 is 0. The quantitative estimate of drug-likeness (QED) is 0.276. The average Bonchev–Trinajstić information content (AvgIpc) is 2.19. The maximum Gasteiger partial charge on any atom is 0.326 e. The Balaban J connectivity index is 3.54. The monoisotopic (exact) mass is 238 g/mol. The van der Waals surface area contributed by atoms with E-state index in [4.69, 9.17) is 16.9 Å². The second-order valence-corrected chi connectivity index (χ2v) is 3.59. The van der Waals surface area contributed by atoms with Crippen molar-refractivity contribution in [2.24, 2.45) is 11.5 Å². The van der Waals surface area contributed by atoms with E-state index in [9.17, 15) is 15.0 Å². The average molecular weight is 238 g/mol. The highest BCUT2D eigenvalue weighted by atomic mass is 16.3. The molecule has 1 aromatic carbocycles. The standard InChI is InChI=1S/C10H14N4O3/c1-4-3-6(15)8(16)5(2)7(4)14(9(11)12)10(13)17/h3,15-16H,1-2H3,(H3,11,12)(H2,13,17). The third-order valence-corrected chi connectivity index (χ3v) is 2.36. The molecule has 7 heteroatoms.